The number of esters is 1. The zero-order valence-corrected chi connectivity index (χ0v) is 12.8. The number of nitro benzene ring substituents is 1. The first-order chi connectivity index (χ1) is 8.86. The molecule has 0 unspecified atom stereocenters. The van der Waals surface area contributed by atoms with E-state index < -0.39 is 16.8 Å². The highest BCUT2D eigenvalue weighted by Gasteiger charge is 2.22. The number of amides is 1. The molecule has 0 bridgehead atoms. The van der Waals surface area contributed by atoms with Crippen molar-refractivity contribution < 1.29 is 19.2 Å². The third-order valence-electron chi connectivity index (χ3n) is 1.94. The van der Waals surface area contributed by atoms with Gasteiger partial charge in [0.05, 0.1) is 11.5 Å². The number of nitro groups is 1. The Morgan fingerprint density at radius 2 is 1.95 bits per heavy atom. The van der Waals surface area contributed by atoms with Gasteiger partial charge in [-0.25, -0.2) is 4.79 Å². The highest BCUT2D eigenvalue weighted by Crippen LogP contribution is 2.34. The molecule has 9 heteroatoms. The molecular weight excluding hydrogens is 388 g/mol. The normalized spacial score (nSPS) is 9.84. The number of benzene rings is 1. The van der Waals surface area contributed by atoms with E-state index >= 15 is 0 Å². The quantitative estimate of drug-likeness (QED) is 0.367. The van der Waals surface area contributed by atoms with Crippen LogP contribution in [0.4, 0.5) is 11.4 Å². The molecule has 1 aromatic rings. The molecule has 0 aliphatic carbocycles. The summed E-state index contributed by atoms with van der Waals surface area (Å²) in [6.07, 6.45) is 0. The van der Waals surface area contributed by atoms with Gasteiger partial charge >= 0.3 is 11.9 Å². The van der Waals surface area contributed by atoms with Crippen LogP contribution in [0.25, 0.3) is 0 Å². The van der Waals surface area contributed by atoms with Crippen LogP contribution in [-0.4, -0.2) is 23.4 Å². The predicted molar refractivity (Wildman–Crippen MR) is 73.8 cm³/mol. The van der Waals surface area contributed by atoms with Gasteiger partial charge in [-0.1, -0.05) is 0 Å². The lowest BCUT2D eigenvalue weighted by Gasteiger charge is -2.07. The van der Waals surface area contributed by atoms with Crippen LogP contribution >= 0.6 is 31.9 Å². The van der Waals surface area contributed by atoms with Crippen LogP contribution in [0.1, 0.15) is 6.92 Å². The summed E-state index contributed by atoms with van der Waals surface area (Å²) in [4.78, 5) is 32.8. The van der Waals surface area contributed by atoms with Gasteiger partial charge in [0.2, 0.25) is 0 Å². The molecule has 0 aromatic heterocycles. The molecule has 0 saturated heterocycles. The predicted octanol–water partition coefficient (Wildman–Crippen LogP) is 2.62. The van der Waals surface area contributed by atoms with Gasteiger partial charge in [0, 0.05) is 15.0 Å². The standard InChI is InChI=1S/C10H8Br2N2O5/c1-2-19-10(16)9(15)13-7-3-5(11)6(12)4-8(7)14(17)18/h3-4H,2H2,1H3,(H,13,15). The van der Waals surface area contributed by atoms with Gasteiger partial charge in [0.15, 0.2) is 0 Å². The summed E-state index contributed by atoms with van der Waals surface area (Å²) in [6.45, 7) is 1.59. The number of carbonyl (C=O) groups is 2. The van der Waals surface area contributed by atoms with Crippen molar-refractivity contribution in [2.75, 3.05) is 11.9 Å². The summed E-state index contributed by atoms with van der Waals surface area (Å²) in [5, 5.41) is 13.0. The van der Waals surface area contributed by atoms with Crippen molar-refractivity contribution in [3.8, 4) is 0 Å². The molecular formula is C10H8Br2N2O5. The number of hydrogen-bond acceptors (Lipinski definition) is 5. The SMILES string of the molecule is CCOC(=O)C(=O)Nc1cc(Br)c(Br)cc1[N+](=O)[O-]. The second kappa shape index (κ2) is 6.62. The van der Waals surface area contributed by atoms with E-state index in [4.69, 9.17) is 0 Å². The number of nitrogens with one attached hydrogen (secondary N) is 1. The minimum atomic E-state index is -1.10. The Balaban J connectivity index is 3.06. The monoisotopic (exact) mass is 394 g/mol. The van der Waals surface area contributed by atoms with Gasteiger partial charge < -0.3 is 10.1 Å². The first-order valence-electron chi connectivity index (χ1n) is 4.98. The maximum absolute atomic E-state index is 11.4. The number of carbonyl (C=O) groups excluding carboxylic acids is 2. The molecule has 0 fully saturated rings. The Labute approximate surface area is 124 Å². The lowest BCUT2D eigenvalue weighted by molar-refractivity contribution is -0.384. The molecule has 1 amide bonds. The maximum Gasteiger partial charge on any atom is 0.397 e. The van der Waals surface area contributed by atoms with Gasteiger partial charge in [-0.05, 0) is 44.8 Å². The maximum atomic E-state index is 11.4. The Morgan fingerprint density at radius 3 is 2.47 bits per heavy atom. The summed E-state index contributed by atoms with van der Waals surface area (Å²) >= 11 is 6.26. The number of halogens is 2. The Morgan fingerprint density at radius 1 is 1.37 bits per heavy atom. The molecule has 0 radical (unpaired) electrons. The third-order valence-corrected chi connectivity index (χ3v) is 3.79. The zero-order valence-electron chi connectivity index (χ0n) is 9.61. The van der Waals surface area contributed by atoms with Crippen LogP contribution in [0.5, 0.6) is 0 Å². The number of ether oxygens (including phenoxy) is 1. The van der Waals surface area contributed by atoms with E-state index in [1.54, 1.807) is 6.92 Å². The minimum absolute atomic E-state index is 0.0401. The Kier molecular flexibility index (Phi) is 5.43. The van der Waals surface area contributed by atoms with Crippen molar-refractivity contribution >= 4 is 55.1 Å². The third kappa shape index (κ3) is 4.00. The number of anilines is 1. The molecule has 0 saturated carbocycles. The van der Waals surface area contributed by atoms with Crippen LogP contribution in [-0.2, 0) is 14.3 Å². The molecule has 102 valence electrons. The largest absolute Gasteiger partial charge is 0.459 e. The van der Waals surface area contributed by atoms with Crippen LogP contribution in [0, 0.1) is 10.1 Å². The van der Waals surface area contributed by atoms with E-state index in [-0.39, 0.29) is 18.0 Å². The number of hydrogen-bond donors (Lipinski definition) is 1. The van der Waals surface area contributed by atoms with Crippen LogP contribution in [0.15, 0.2) is 21.1 Å². The lowest BCUT2D eigenvalue weighted by atomic mass is 10.2. The lowest BCUT2D eigenvalue weighted by Crippen LogP contribution is -2.25. The highest BCUT2D eigenvalue weighted by molar-refractivity contribution is 9.13. The fraction of sp³-hybridized carbons (Fsp3) is 0.200. The molecule has 1 aromatic carbocycles. The Bertz CT molecular complexity index is 547. The first-order valence-corrected chi connectivity index (χ1v) is 6.57. The van der Waals surface area contributed by atoms with Gasteiger partial charge in [0.1, 0.15) is 5.69 Å². The van der Waals surface area contributed by atoms with Crippen molar-refractivity contribution in [2.45, 2.75) is 6.92 Å². The molecule has 19 heavy (non-hydrogen) atoms. The average molecular weight is 396 g/mol. The molecule has 0 atom stereocenters. The van der Waals surface area contributed by atoms with Crippen LogP contribution < -0.4 is 5.32 Å². The topological polar surface area (TPSA) is 98.5 Å². The molecule has 7 nitrogen and oxygen atoms in total. The first kappa shape index (κ1) is 15.6. The summed E-state index contributed by atoms with van der Waals surface area (Å²) in [5.41, 5.74) is -0.439. The molecule has 0 aliphatic rings. The molecule has 0 heterocycles. The van der Waals surface area contributed by atoms with Gasteiger partial charge in [-0.2, -0.15) is 0 Å². The smallest absolute Gasteiger partial charge is 0.397 e. The highest BCUT2D eigenvalue weighted by atomic mass is 79.9. The fourth-order valence-electron chi connectivity index (χ4n) is 1.16. The summed E-state index contributed by atoms with van der Waals surface area (Å²) < 4.78 is 5.44. The van der Waals surface area contributed by atoms with E-state index in [0.29, 0.717) is 8.95 Å². The van der Waals surface area contributed by atoms with Crippen molar-refractivity contribution in [1.82, 2.24) is 0 Å². The van der Waals surface area contributed by atoms with Crippen molar-refractivity contribution in [3.63, 3.8) is 0 Å². The summed E-state index contributed by atoms with van der Waals surface area (Å²) in [5.74, 6) is -2.17. The van der Waals surface area contributed by atoms with Crippen molar-refractivity contribution in [1.29, 1.82) is 0 Å². The van der Waals surface area contributed by atoms with E-state index in [2.05, 4.69) is 41.9 Å². The molecule has 0 aliphatic heterocycles. The molecule has 0 spiro atoms. The van der Waals surface area contributed by atoms with E-state index in [1.165, 1.54) is 12.1 Å². The summed E-state index contributed by atoms with van der Waals surface area (Å²) in [6, 6.07) is 2.53. The zero-order chi connectivity index (χ0) is 14.6. The molecule has 1 N–H and O–H groups in total. The molecule has 1 rings (SSSR count). The fourth-order valence-corrected chi connectivity index (χ4v) is 1.83. The van der Waals surface area contributed by atoms with Crippen molar-refractivity contribution in [3.05, 3.63) is 31.2 Å². The van der Waals surface area contributed by atoms with E-state index in [0.717, 1.165) is 0 Å². The van der Waals surface area contributed by atoms with Crippen LogP contribution in [0.2, 0.25) is 0 Å². The van der Waals surface area contributed by atoms with E-state index in [1.807, 2.05) is 0 Å². The van der Waals surface area contributed by atoms with Crippen LogP contribution in [0.3, 0.4) is 0 Å². The number of rotatable bonds is 3. The van der Waals surface area contributed by atoms with E-state index in [9.17, 15) is 19.7 Å². The van der Waals surface area contributed by atoms with Gasteiger partial charge in [-0.3, -0.25) is 14.9 Å². The second-order valence-electron chi connectivity index (χ2n) is 3.22. The Hall–Kier alpha value is -1.48. The minimum Gasteiger partial charge on any atom is -0.459 e. The van der Waals surface area contributed by atoms with Gasteiger partial charge in [-0.15, -0.1) is 0 Å². The van der Waals surface area contributed by atoms with Gasteiger partial charge in [0.25, 0.3) is 5.69 Å². The summed E-state index contributed by atoms with van der Waals surface area (Å²) in [7, 11) is 0. The van der Waals surface area contributed by atoms with Crippen molar-refractivity contribution in [2.24, 2.45) is 0 Å². The number of nitrogens with zero attached hydrogens (tertiary/aromatic N) is 1. The average Bonchev–Trinajstić information content (AvgIpc) is 2.33. The second-order valence-corrected chi connectivity index (χ2v) is 4.92.